The van der Waals surface area contributed by atoms with Crippen molar-refractivity contribution in [3.63, 3.8) is 0 Å². The maximum absolute atomic E-state index is 9.48. The first kappa shape index (κ1) is 20.8. The molecular weight excluding hydrogens is 410 g/mol. The van der Waals surface area contributed by atoms with E-state index in [4.69, 9.17) is 9.72 Å². The van der Waals surface area contributed by atoms with Crippen LogP contribution in [-0.2, 0) is 0 Å². The first-order valence-corrected chi connectivity index (χ1v) is 11.1. The van der Waals surface area contributed by atoms with Gasteiger partial charge >= 0.3 is 0 Å². The molecule has 0 aliphatic carbocycles. The van der Waals surface area contributed by atoms with Gasteiger partial charge in [0, 0.05) is 49.5 Å². The molecule has 0 unspecified atom stereocenters. The lowest BCUT2D eigenvalue weighted by molar-refractivity contribution is 0.170. The number of rotatable bonds is 5. The average Bonchev–Trinajstić information content (AvgIpc) is 3.27. The molecule has 1 aliphatic heterocycles. The maximum atomic E-state index is 9.48. The standard InChI is InChI=1S/C27H25N5O/c1-3-20-4-7-23(8-5-20)33-24-10-12-31(13-11-24)26-9-6-21(16-29-26)25-14-19(2)18-32-27(25)22(15-28)17-30-32/h3-9,14,16-18,24H,1,10-13H2,2H3. The SMILES string of the molecule is C=Cc1ccc(OC2CCN(c3ccc(-c4cc(C)cn5ncc(C#N)c45)cn3)CC2)cc1. The monoisotopic (exact) mass is 435 g/mol. The highest BCUT2D eigenvalue weighted by Gasteiger charge is 2.22. The molecule has 1 aromatic carbocycles. The van der Waals surface area contributed by atoms with Crippen molar-refractivity contribution < 1.29 is 4.74 Å². The van der Waals surface area contributed by atoms with E-state index < -0.39 is 0 Å². The molecule has 33 heavy (non-hydrogen) atoms. The number of nitrogens with zero attached hydrogens (tertiary/aromatic N) is 5. The van der Waals surface area contributed by atoms with Gasteiger partial charge in [-0.15, -0.1) is 0 Å². The molecule has 1 saturated heterocycles. The van der Waals surface area contributed by atoms with E-state index >= 15 is 0 Å². The van der Waals surface area contributed by atoms with Gasteiger partial charge < -0.3 is 9.64 Å². The van der Waals surface area contributed by atoms with Gasteiger partial charge in [-0.1, -0.05) is 24.8 Å². The zero-order valence-electron chi connectivity index (χ0n) is 18.6. The fraction of sp³-hybridized carbons (Fsp3) is 0.222. The Labute approximate surface area is 193 Å². The van der Waals surface area contributed by atoms with Gasteiger partial charge in [-0.2, -0.15) is 10.4 Å². The van der Waals surface area contributed by atoms with Gasteiger partial charge in [0.15, 0.2) is 0 Å². The molecule has 5 rings (SSSR count). The minimum atomic E-state index is 0.210. The van der Waals surface area contributed by atoms with Crippen molar-refractivity contribution in [2.45, 2.75) is 25.9 Å². The molecule has 0 bridgehead atoms. The van der Waals surface area contributed by atoms with Crippen LogP contribution in [0.3, 0.4) is 0 Å². The number of aromatic nitrogens is 3. The van der Waals surface area contributed by atoms with E-state index in [0.29, 0.717) is 5.56 Å². The van der Waals surface area contributed by atoms with E-state index in [1.165, 1.54) is 0 Å². The normalized spacial score (nSPS) is 14.2. The van der Waals surface area contributed by atoms with Crippen molar-refractivity contribution in [1.82, 2.24) is 14.6 Å². The topological polar surface area (TPSA) is 66.5 Å². The molecule has 0 N–H and O–H groups in total. The van der Waals surface area contributed by atoms with Crippen LogP contribution in [0.5, 0.6) is 5.75 Å². The first-order chi connectivity index (χ1) is 16.1. The summed E-state index contributed by atoms with van der Waals surface area (Å²) in [7, 11) is 0. The predicted molar refractivity (Wildman–Crippen MR) is 130 cm³/mol. The van der Waals surface area contributed by atoms with E-state index in [1.807, 2.05) is 49.7 Å². The highest BCUT2D eigenvalue weighted by atomic mass is 16.5. The van der Waals surface area contributed by atoms with Crippen molar-refractivity contribution in [2.75, 3.05) is 18.0 Å². The van der Waals surface area contributed by atoms with Crippen LogP contribution < -0.4 is 9.64 Å². The fourth-order valence-corrected chi connectivity index (χ4v) is 4.37. The van der Waals surface area contributed by atoms with Crippen LogP contribution in [0.25, 0.3) is 22.7 Å². The summed E-state index contributed by atoms with van der Waals surface area (Å²) < 4.78 is 7.94. The Morgan fingerprint density at radius 3 is 2.58 bits per heavy atom. The molecule has 3 aromatic heterocycles. The van der Waals surface area contributed by atoms with Crippen molar-refractivity contribution in [2.24, 2.45) is 0 Å². The zero-order chi connectivity index (χ0) is 22.8. The largest absolute Gasteiger partial charge is 0.490 e. The number of hydrogen-bond donors (Lipinski definition) is 0. The molecule has 4 aromatic rings. The Bertz CT molecular complexity index is 1320. The number of fused-ring (bicyclic) bond motifs is 1. The zero-order valence-corrected chi connectivity index (χ0v) is 18.6. The van der Waals surface area contributed by atoms with Gasteiger partial charge in [0.2, 0.25) is 0 Å². The second-order valence-electron chi connectivity index (χ2n) is 8.38. The molecule has 1 aliphatic rings. The smallest absolute Gasteiger partial charge is 0.128 e. The van der Waals surface area contributed by atoms with Gasteiger partial charge in [-0.05, 0) is 48.4 Å². The Kier molecular flexibility index (Phi) is 5.54. The molecule has 0 saturated carbocycles. The molecule has 0 radical (unpaired) electrons. The Hall–Kier alpha value is -4.11. The first-order valence-electron chi connectivity index (χ1n) is 11.1. The molecule has 6 nitrogen and oxygen atoms in total. The Morgan fingerprint density at radius 1 is 1.12 bits per heavy atom. The van der Waals surface area contributed by atoms with E-state index in [9.17, 15) is 5.26 Å². The molecule has 0 atom stereocenters. The average molecular weight is 436 g/mol. The molecule has 0 spiro atoms. The number of piperidine rings is 1. The number of anilines is 1. The van der Waals surface area contributed by atoms with E-state index in [2.05, 4.69) is 40.8 Å². The van der Waals surface area contributed by atoms with Crippen molar-refractivity contribution >= 4 is 17.4 Å². The molecular formula is C27H25N5O. The third-order valence-electron chi connectivity index (χ3n) is 6.11. The van der Waals surface area contributed by atoms with Crippen molar-refractivity contribution in [3.8, 4) is 22.9 Å². The second-order valence-corrected chi connectivity index (χ2v) is 8.38. The summed E-state index contributed by atoms with van der Waals surface area (Å²) in [5.74, 6) is 1.87. The van der Waals surface area contributed by atoms with Crippen LogP contribution in [0.4, 0.5) is 5.82 Å². The number of ether oxygens (including phenoxy) is 1. The fourth-order valence-electron chi connectivity index (χ4n) is 4.37. The van der Waals surface area contributed by atoms with Gasteiger partial charge in [-0.25, -0.2) is 9.50 Å². The highest BCUT2D eigenvalue weighted by molar-refractivity contribution is 5.84. The summed E-state index contributed by atoms with van der Waals surface area (Å²) in [5, 5.41) is 13.8. The van der Waals surface area contributed by atoms with Gasteiger partial charge in [0.25, 0.3) is 0 Å². The van der Waals surface area contributed by atoms with E-state index in [1.54, 1.807) is 10.7 Å². The Balaban J connectivity index is 1.28. The van der Waals surface area contributed by atoms with Gasteiger partial charge in [0.05, 0.1) is 17.3 Å². The minimum absolute atomic E-state index is 0.210. The second kappa shape index (κ2) is 8.79. The maximum Gasteiger partial charge on any atom is 0.128 e. The van der Waals surface area contributed by atoms with Gasteiger partial charge in [0.1, 0.15) is 23.7 Å². The van der Waals surface area contributed by atoms with Gasteiger partial charge in [-0.3, -0.25) is 0 Å². The van der Waals surface area contributed by atoms with Crippen LogP contribution >= 0.6 is 0 Å². The van der Waals surface area contributed by atoms with Crippen LogP contribution in [0.2, 0.25) is 0 Å². The highest BCUT2D eigenvalue weighted by Crippen LogP contribution is 2.29. The summed E-state index contributed by atoms with van der Waals surface area (Å²) in [6, 6.07) is 16.5. The lowest BCUT2D eigenvalue weighted by Gasteiger charge is -2.33. The van der Waals surface area contributed by atoms with Crippen molar-refractivity contribution in [1.29, 1.82) is 5.26 Å². The summed E-state index contributed by atoms with van der Waals surface area (Å²) >= 11 is 0. The number of aryl methyl sites for hydroxylation is 1. The lowest BCUT2D eigenvalue weighted by Crippen LogP contribution is -2.38. The van der Waals surface area contributed by atoms with E-state index in [0.717, 1.165) is 65.3 Å². The summed E-state index contributed by atoms with van der Waals surface area (Å²) in [6.07, 6.45) is 9.38. The number of pyridine rings is 2. The van der Waals surface area contributed by atoms with Crippen LogP contribution in [0, 0.1) is 18.3 Å². The minimum Gasteiger partial charge on any atom is -0.490 e. The van der Waals surface area contributed by atoms with E-state index in [-0.39, 0.29) is 6.10 Å². The number of hydrogen-bond acceptors (Lipinski definition) is 5. The number of benzene rings is 1. The molecule has 6 heteroatoms. The molecule has 0 amide bonds. The molecule has 4 heterocycles. The summed E-state index contributed by atoms with van der Waals surface area (Å²) in [4.78, 5) is 7.05. The van der Waals surface area contributed by atoms with Crippen molar-refractivity contribution in [3.05, 3.63) is 84.3 Å². The summed E-state index contributed by atoms with van der Waals surface area (Å²) in [6.45, 7) is 7.62. The molecule has 164 valence electrons. The molecule has 1 fully saturated rings. The van der Waals surface area contributed by atoms with Crippen LogP contribution in [-0.4, -0.2) is 33.8 Å². The van der Waals surface area contributed by atoms with Crippen LogP contribution in [0.1, 0.15) is 29.5 Å². The number of nitriles is 1. The quantitative estimate of drug-likeness (QED) is 0.427. The Morgan fingerprint density at radius 2 is 1.91 bits per heavy atom. The lowest BCUT2D eigenvalue weighted by atomic mass is 10.0. The third-order valence-corrected chi connectivity index (χ3v) is 6.11. The summed E-state index contributed by atoms with van der Waals surface area (Å²) in [5.41, 5.74) is 5.50. The third kappa shape index (κ3) is 4.18. The predicted octanol–water partition coefficient (Wildman–Crippen LogP) is 5.27. The van der Waals surface area contributed by atoms with Crippen LogP contribution in [0.15, 0.2) is 67.6 Å².